The van der Waals surface area contributed by atoms with Crippen LogP contribution in [0.3, 0.4) is 0 Å². The predicted octanol–water partition coefficient (Wildman–Crippen LogP) is 6.10. The number of aryl methyl sites for hydroxylation is 1. The van der Waals surface area contributed by atoms with Gasteiger partial charge in [-0.3, -0.25) is 0 Å². The molecule has 1 heterocycles. The molecular formula is C19H14Cl2N4S. The molecule has 0 spiro atoms. The summed E-state index contributed by atoms with van der Waals surface area (Å²) in [6, 6.07) is 15.2. The van der Waals surface area contributed by atoms with Crippen molar-refractivity contribution in [1.29, 1.82) is 5.26 Å². The van der Waals surface area contributed by atoms with Crippen LogP contribution < -0.4 is 5.32 Å². The van der Waals surface area contributed by atoms with E-state index in [4.69, 9.17) is 23.2 Å². The summed E-state index contributed by atoms with van der Waals surface area (Å²) < 4.78 is 0. The van der Waals surface area contributed by atoms with Gasteiger partial charge in [-0.25, -0.2) is 9.97 Å². The highest BCUT2D eigenvalue weighted by atomic mass is 35.5. The lowest BCUT2D eigenvalue weighted by molar-refractivity contribution is 0.975. The first-order valence-corrected chi connectivity index (χ1v) is 9.64. The lowest BCUT2D eigenvalue weighted by Gasteiger charge is -2.13. The lowest BCUT2D eigenvalue weighted by atomic mass is 10.1. The van der Waals surface area contributed by atoms with Crippen molar-refractivity contribution in [3.63, 3.8) is 0 Å². The van der Waals surface area contributed by atoms with Crippen molar-refractivity contribution < 1.29 is 0 Å². The number of thioether (sulfide) groups is 1. The van der Waals surface area contributed by atoms with Gasteiger partial charge in [0.05, 0.1) is 5.69 Å². The molecule has 0 aliphatic carbocycles. The molecule has 26 heavy (non-hydrogen) atoms. The summed E-state index contributed by atoms with van der Waals surface area (Å²) in [5.41, 5.74) is 3.60. The molecular weight excluding hydrogens is 387 g/mol. The van der Waals surface area contributed by atoms with Gasteiger partial charge in [-0.1, -0.05) is 64.8 Å². The van der Waals surface area contributed by atoms with Crippen LogP contribution in [0.15, 0.2) is 47.6 Å². The summed E-state index contributed by atoms with van der Waals surface area (Å²) in [6.07, 6.45) is 1.89. The van der Waals surface area contributed by atoms with Crippen LogP contribution in [0.1, 0.15) is 11.1 Å². The summed E-state index contributed by atoms with van der Waals surface area (Å²) in [5.74, 6) is 0.417. The zero-order valence-electron chi connectivity index (χ0n) is 14.0. The molecule has 4 nitrogen and oxygen atoms in total. The third kappa shape index (κ3) is 4.10. The van der Waals surface area contributed by atoms with Crippen molar-refractivity contribution in [1.82, 2.24) is 9.97 Å². The minimum Gasteiger partial charge on any atom is -0.339 e. The van der Waals surface area contributed by atoms with Crippen LogP contribution in [0, 0.1) is 18.3 Å². The molecule has 7 heteroatoms. The summed E-state index contributed by atoms with van der Waals surface area (Å²) in [6.45, 7) is 2.01. The van der Waals surface area contributed by atoms with Gasteiger partial charge in [0.1, 0.15) is 11.6 Å². The van der Waals surface area contributed by atoms with E-state index in [0.29, 0.717) is 38.0 Å². The van der Waals surface area contributed by atoms with Crippen LogP contribution in [0.2, 0.25) is 10.0 Å². The van der Waals surface area contributed by atoms with Gasteiger partial charge < -0.3 is 5.32 Å². The number of anilines is 2. The highest BCUT2D eigenvalue weighted by Crippen LogP contribution is 2.31. The van der Waals surface area contributed by atoms with Crippen molar-refractivity contribution in [2.75, 3.05) is 11.6 Å². The van der Waals surface area contributed by atoms with Crippen molar-refractivity contribution in [2.45, 2.75) is 12.1 Å². The Morgan fingerprint density at radius 1 is 1.04 bits per heavy atom. The van der Waals surface area contributed by atoms with E-state index in [2.05, 4.69) is 21.4 Å². The van der Waals surface area contributed by atoms with Crippen molar-refractivity contribution in [2.24, 2.45) is 0 Å². The minimum absolute atomic E-state index is 0.364. The molecule has 3 rings (SSSR count). The molecule has 0 saturated carbocycles. The Kier molecular flexibility index (Phi) is 5.67. The zero-order valence-corrected chi connectivity index (χ0v) is 16.4. The van der Waals surface area contributed by atoms with Crippen LogP contribution in [-0.4, -0.2) is 16.2 Å². The maximum atomic E-state index is 9.74. The highest BCUT2D eigenvalue weighted by Gasteiger charge is 2.16. The molecule has 0 aliphatic heterocycles. The van der Waals surface area contributed by atoms with E-state index in [1.165, 1.54) is 11.8 Å². The van der Waals surface area contributed by atoms with Crippen molar-refractivity contribution in [3.8, 4) is 17.3 Å². The normalized spacial score (nSPS) is 10.4. The monoisotopic (exact) mass is 400 g/mol. The topological polar surface area (TPSA) is 61.6 Å². The Hall–Kier alpha value is -2.26. The number of hydrogen-bond donors (Lipinski definition) is 1. The first-order valence-electron chi connectivity index (χ1n) is 7.66. The zero-order chi connectivity index (χ0) is 18.7. The molecule has 1 aromatic heterocycles. The number of nitriles is 1. The Morgan fingerprint density at radius 3 is 2.27 bits per heavy atom. The maximum absolute atomic E-state index is 9.74. The molecule has 3 aromatic rings. The Labute approximate surface area is 166 Å². The lowest BCUT2D eigenvalue weighted by Crippen LogP contribution is -2.03. The summed E-state index contributed by atoms with van der Waals surface area (Å²) in [7, 11) is 0. The van der Waals surface area contributed by atoms with Gasteiger partial charge in [0, 0.05) is 21.3 Å². The number of halogens is 2. The van der Waals surface area contributed by atoms with Crippen molar-refractivity contribution in [3.05, 3.63) is 63.6 Å². The van der Waals surface area contributed by atoms with E-state index >= 15 is 0 Å². The number of benzene rings is 2. The van der Waals surface area contributed by atoms with Crippen LogP contribution in [0.5, 0.6) is 0 Å². The van der Waals surface area contributed by atoms with Gasteiger partial charge in [0.2, 0.25) is 0 Å². The molecule has 0 radical (unpaired) electrons. The standard InChI is InChI=1S/C19H14Cl2N4S/c1-11-3-5-12(6-4-11)17-16(10-22)18(25-19(24-17)26-2)23-15-8-13(20)7-14(21)9-15/h3-9H,1-2H3,(H,23,24,25). The van der Waals surface area contributed by atoms with E-state index < -0.39 is 0 Å². The van der Waals surface area contributed by atoms with Crippen LogP contribution in [0.4, 0.5) is 11.5 Å². The second-order valence-electron chi connectivity index (χ2n) is 5.54. The largest absolute Gasteiger partial charge is 0.339 e. The van der Waals surface area contributed by atoms with E-state index in [9.17, 15) is 5.26 Å². The summed E-state index contributed by atoms with van der Waals surface area (Å²) >= 11 is 13.5. The molecule has 0 aliphatic rings. The predicted molar refractivity (Wildman–Crippen MR) is 108 cm³/mol. The van der Waals surface area contributed by atoms with Crippen molar-refractivity contribution >= 4 is 46.5 Å². The fraction of sp³-hybridized carbons (Fsp3) is 0.105. The molecule has 130 valence electrons. The summed E-state index contributed by atoms with van der Waals surface area (Å²) in [5, 5.41) is 14.4. The molecule has 0 fully saturated rings. The van der Waals surface area contributed by atoms with Crippen LogP contribution in [-0.2, 0) is 0 Å². The minimum atomic E-state index is 0.364. The molecule has 1 N–H and O–H groups in total. The third-order valence-electron chi connectivity index (χ3n) is 3.63. The maximum Gasteiger partial charge on any atom is 0.189 e. The van der Waals surface area contributed by atoms with Gasteiger partial charge in [0.15, 0.2) is 11.0 Å². The number of hydrogen-bond acceptors (Lipinski definition) is 5. The van der Waals surface area contributed by atoms with Crippen LogP contribution >= 0.6 is 35.0 Å². The molecule has 0 saturated heterocycles. The first-order chi connectivity index (χ1) is 12.5. The van der Waals surface area contributed by atoms with E-state index in [1.54, 1.807) is 18.2 Å². The summed E-state index contributed by atoms with van der Waals surface area (Å²) in [4.78, 5) is 8.99. The SMILES string of the molecule is CSc1nc(Nc2cc(Cl)cc(Cl)c2)c(C#N)c(-c2ccc(C)cc2)n1. The number of aromatic nitrogens is 2. The second-order valence-corrected chi connectivity index (χ2v) is 7.19. The Morgan fingerprint density at radius 2 is 1.69 bits per heavy atom. The fourth-order valence-electron chi connectivity index (χ4n) is 2.41. The average Bonchev–Trinajstić information content (AvgIpc) is 2.61. The van der Waals surface area contributed by atoms with E-state index in [-0.39, 0.29) is 0 Å². The van der Waals surface area contributed by atoms with Gasteiger partial charge in [-0.15, -0.1) is 0 Å². The molecule has 0 amide bonds. The quantitative estimate of drug-likeness (QED) is 0.423. The van der Waals surface area contributed by atoms with Gasteiger partial charge in [-0.05, 0) is 31.4 Å². The van der Waals surface area contributed by atoms with E-state index in [0.717, 1.165) is 11.1 Å². The number of nitrogens with zero attached hydrogens (tertiary/aromatic N) is 3. The number of nitrogens with one attached hydrogen (secondary N) is 1. The Balaban J connectivity index is 2.14. The van der Waals surface area contributed by atoms with Crippen LogP contribution in [0.25, 0.3) is 11.3 Å². The molecule has 2 aromatic carbocycles. The van der Waals surface area contributed by atoms with Gasteiger partial charge in [0.25, 0.3) is 0 Å². The smallest absolute Gasteiger partial charge is 0.189 e. The molecule has 0 atom stereocenters. The molecule has 0 bridgehead atoms. The van der Waals surface area contributed by atoms with Gasteiger partial charge in [-0.2, -0.15) is 5.26 Å². The fourth-order valence-corrected chi connectivity index (χ4v) is 3.30. The molecule has 0 unspecified atom stereocenters. The Bertz CT molecular complexity index is 977. The second kappa shape index (κ2) is 7.96. The first kappa shape index (κ1) is 18.5. The van der Waals surface area contributed by atoms with E-state index in [1.807, 2.05) is 37.4 Å². The third-order valence-corrected chi connectivity index (χ3v) is 4.62. The number of rotatable bonds is 4. The average molecular weight is 401 g/mol. The highest BCUT2D eigenvalue weighted by molar-refractivity contribution is 7.98. The van der Waals surface area contributed by atoms with Gasteiger partial charge >= 0.3 is 0 Å².